The molecule has 0 atom stereocenters. The first-order valence-electron chi connectivity index (χ1n) is 12.2. The minimum absolute atomic E-state index is 0.244. The molecule has 0 bridgehead atoms. The van der Waals surface area contributed by atoms with E-state index in [0.717, 1.165) is 36.5 Å². The van der Waals surface area contributed by atoms with Crippen LogP contribution in [-0.4, -0.2) is 45.3 Å². The molecule has 1 aliphatic rings. The van der Waals surface area contributed by atoms with E-state index >= 15 is 0 Å². The Bertz CT molecular complexity index is 1220. The Kier molecular flexibility index (Phi) is 7.00. The summed E-state index contributed by atoms with van der Waals surface area (Å²) >= 11 is 0. The van der Waals surface area contributed by atoms with Gasteiger partial charge in [0.15, 0.2) is 5.69 Å². The molecule has 2 aromatic carbocycles. The molecule has 0 saturated carbocycles. The molecule has 3 heterocycles. The first-order valence-corrected chi connectivity index (χ1v) is 12.2. The Morgan fingerprint density at radius 3 is 2.29 bits per heavy atom. The van der Waals surface area contributed by atoms with Gasteiger partial charge in [-0.1, -0.05) is 66.7 Å². The first-order chi connectivity index (χ1) is 17.2. The van der Waals surface area contributed by atoms with E-state index in [1.165, 1.54) is 11.1 Å². The number of carbonyl (C=O) groups is 1. The molecule has 35 heavy (non-hydrogen) atoms. The molecule has 178 valence electrons. The van der Waals surface area contributed by atoms with Crippen LogP contribution in [0.4, 0.5) is 0 Å². The van der Waals surface area contributed by atoms with E-state index in [1.807, 2.05) is 29.8 Å². The van der Waals surface area contributed by atoms with Crippen LogP contribution in [0, 0.1) is 0 Å². The minimum Gasteiger partial charge on any atom is -0.461 e. The van der Waals surface area contributed by atoms with Crippen LogP contribution in [0.5, 0.6) is 0 Å². The second-order valence-electron chi connectivity index (χ2n) is 8.83. The van der Waals surface area contributed by atoms with Gasteiger partial charge in [-0.05, 0) is 30.2 Å². The maximum absolute atomic E-state index is 12.8. The van der Waals surface area contributed by atoms with E-state index in [0.29, 0.717) is 25.4 Å². The predicted molar refractivity (Wildman–Crippen MR) is 135 cm³/mol. The monoisotopic (exact) mass is 466 g/mol. The van der Waals surface area contributed by atoms with Crippen LogP contribution in [0.3, 0.4) is 0 Å². The van der Waals surface area contributed by atoms with E-state index in [4.69, 9.17) is 9.84 Å². The lowest BCUT2D eigenvalue weighted by atomic mass is 9.90. The van der Waals surface area contributed by atoms with Gasteiger partial charge in [0, 0.05) is 49.4 Å². The second kappa shape index (κ2) is 10.7. The van der Waals surface area contributed by atoms with Crippen molar-refractivity contribution in [2.24, 2.45) is 0 Å². The van der Waals surface area contributed by atoms with Crippen molar-refractivity contribution in [3.63, 3.8) is 0 Å². The number of benzene rings is 2. The van der Waals surface area contributed by atoms with Crippen LogP contribution in [0.2, 0.25) is 0 Å². The molecule has 0 fully saturated rings. The lowest BCUT2D eigenvalue weighted by Gasteiger charge is -2.31. The smallest absolute Gasteiger partial charge is 0.359 e. The topological polar surface area (TPSA) is 60.2 Å². The quantitative estimate of drug-likeness (QED) is 0.353. The average Bonchev–Trinajstić information content (AvgIpc) is 3.26. The maximum Gasteiger partial charge on any atom is 0.359 e. The number of carbonyl (C=O) groups excluding carboxylic acids is 1. The number of rotatable bonds is 8. The van der Waals surface area contributed by atoms with E-state index in [2.05, 4.69) is 70.5 Å². The third kappa shape index (κ3) is 5.17. The van der Waals surface area contributed by atoms with E-state index in [9.17, 15) is 4.79 Å². The van der Waals surface area contributed by atoms with Gasteiger partial charge in [-0.2, -0.15) is 5.10 Å². The summed E-state index contributed by atoms with van der Waals surface area (Å²) in [5, 5.41) is 4.71. The molecule has 1 aliphatic heterocycles. The van der Waals surface area contributed by atoms with Crippen LogP contribution in [0.25, 0.3) is 0 Å². The van der Waals surface area contributed by atoms with E-state index in [-0.39, 0.29) is 11.9 Å². The van der Waals surface area contributed by atoms with Crippen molar-refractivity contribution in [1.29, 1.82) is 0 Å². The molecule has 0 unspecified atom stereocenters. The lowest BCUT2D eigenvalue weighted by Crippen LogP contribution is -2.35. The Balaban J connectivity index is 1.44. The Hall–Kier alpha value is -3.77. The summed E-state index contributed by atoms with van der Waals surface area (Å²) in [5.41, 5.74) is 6.01. The van der Waals surface area contributed by atoms with Crippen LogP contribution >= 0.6 is 0 Å². The van der Waals surface area contributed by atoms with Crippen LogP contribution in [0.15, 0.2) is 85.1 Å². The molecule has 0 amide bonds. The number of hydrogen-bond donors (Lipinski definition) is 0. The standard InChI is InChI=1S/C29H30N4O2/c1-2-35-29(34)28-26-21-32(18-16-27(26)33(31-28)19-24-15-9-10-17-30-24)20-25(22-11-5-3-6-12-22)23-13-7-4-8-14-23/h3-15,17,25H,2,16,18-21H2,1H3. The third-order valence-electron chi connectivity index (χ3n) is 6.56. The van der Waals surface area contributed by atoms with Crippen molar-refractivity contribution in [1.82, 2.24) is 19.7 Å². The van der Waals surface area contributed by atoms with Gasteiger partial charge in [-0.3, -0.25) is 14.6 Å². The van der Waals surface area contributed by atoms with E-state index in [1.54, 1.807) is 6.20 Å². The summed E-state index contributed by atoms with van der Waals surface area (Å²) in [4.78, 5) is 19.7. The highest BCUT2D eigenvalue weighted by Crippen LogP contribution is 2.30. The summed E-state index contributed by atoms with van der Waals surface area (Å²) in [6, 6.07) is 27.1. The zero-order valence-corrected chi connectivity index (χ0v) is 20.0. The van der Waals surface area contributed by atoms with Gasteiger partial charge >= 0.3 is 5.97 Å². The van der Waals surface area contributed by atoms with Crippen molar-refractivity contribution >= 4 is 5.97 Å². The molecular weight excluding hydrogens is 436 g/mol. The molecule has 6 heteroatoms. The Morgan fingerprint density at radius 2 is 1.66 bits per heavy atom. The zero-order valence-electron chi connectivity index (χ0n) is 20.0. The van der Waals surface area contributed by atoms with Crippen LogP contribution in [0.1, 0.15) is 51.4 Å². The van der Waals surface area contributed by atoms with Crippen molar-refractivity contribution in [3.8, 4) is 0 Å². The van der Waals surface area contributed by atoms with Gasteiger partial charge < -0.3 is 4.74 Å². The molecule has 0 spiro atoms. The summed E-state index contributed by atoms with van der Waals surface area (Å²) in [5.74, 6) is -0.110. The van der Waals surface area contributed by atoms with Gasteiger partial charge in [-0.15, -0.1) is 0 Å². The number of hydrogen-bond acceptors (Lipinski definition) is 5. The molecule has 4 aromatic rings. The normalized spacial score (nSPS) is 13.5. The number of pyridine rings is 1. The van der Waals surface area contributed by atoms with Gasteiger partial charge in [0.05, 0.1) is 18.8 Å². The lowest BCUT2D eigenvalue weighted by molar-refractivity contribution is 0.0515. The number of aromatic nitrogens is 3. The van der Waals surface area contributed by atoms with Gasteiger partial charge in [-0.25, -0.2) is 4.79 Å². The van der Waals surface area contributed by atoms with Gasteiger partial charge in [0.25, 0.3) is 0 Å². The number of fused-ring (bicyclic) bond motifs is 1. The Morgan fingerprint density at radius 1 is 0.971 bits per heavy atom. The summed E-state index contributed by atoms with van der Waals surface area (Å²) in [6.45, 7) is 5.13. The van der Waals surface area contributed by atoms with Crippen molar-refractivity contribution in [2.45, 2.75) is 32.4 Å². The zero-order chi connectivity index (χ0) is 24.0. The molecule has 0 saturated heterocycles. The fraction of sp³-hybridized carbons (Fsp3) is 0.276. The highest BCUT2D eigenvalue weighted by Gasteiger charge is 2.30. The first kappa shape index (κ1) is 23.0. The predicted octanol–water partition coefficient (Wildman–Crippen LogP) is 4.69. The SMILES string of the molecule is CCOC(=O)c1nn(Cc2ccccn2)c2c1CN(CC(c1ccccc1)c1ccccc1)CC2. The largest absolute Gasteiger partial charge is 0.461 e. The fourth-order valence-electron chi connectivity index (χ4n) is 4.87. The van der Waals surface area contributed by atoms with Crippen LogP contribution in [-0.2, 0) is 24.2 Å². The van der Waals surface area contributed by atoms with Crippen molar-refractivity contribution < 1.29 is 9.53 Å². The summed E-state index contributed by atoms with van der Waals surface area (Å²) in [7, 11) is 0. The van der Waals surface area contributed by atoms with Crippen molar-refractivity contribution in [2.75, 3.05) is 19.7 Å². The molecule has 0 N–H and O–H groups in total. The average molecular weight is 467 g/mol. The van der Waals surface area contributed by atoms with E-state index < -0.39 is 0 Å². The highest BCUT2D eigenvalue weighted by atomic mass is 16.5. The number of nitrogens with zero attached hydrogens (tertiary/aromatic N) is 4. The summed E-state index contributed by atoms with van der Waals surface area (Å²) in [6.07, 6.45) is 2.61. The molecule has 5 rings (SSSR count). The van der Waals surface area contributed by atoms with Crippen molar-refractivity contribution in [3.05, 3.63) is 119 Å². The molecule has 0 aliphatic carbocycles. The van der Waals surface area contributed by atoms with Gasteiger partial charge in [0.2, 0.25) is 0 Å². The maximum atomic E-state index is 12.8. The van der Waals surface area contributed by atoms with Crippen LogP contribution < -0.4 is 0 Å². The number of esters is 1. The summed E-state index contributed by atoms with van der Waals surface area (Å²) < 4.78 is 7.30. The highest BCUT2D eigenvalue weighted by molar-refractivity contribution is 5.89. The second-order valence-corrected chi connectivity index (χ2v) is 8.83. The number of ether oxygens (including phenoxy) is 1. The molecule has 2 aromatic heterocycles. The fourth-order valence-corrected chi connectivity index (χ4v) is 4.87. The molecule has 6 nitrogen and oxygen atoms in total. The minimum atomic E-state index is -0.354. The Labute approximate surface area is 206 Å². The van der Waals surface area contributed by atoms with Gasteiger partial charge in [0.1, 0.15) is 0 Å². The molecular formula is C29H30N4O2. The molecule has 0 radical (unpaired) electrons. The third-order valence-corrected chi connectivity index (χ3v) is 6.56.